The largest absolute Gasteiger partial charge is 0.355 e. The lowest BCUT2D eigenvalue weighted by atomic mass is 9.84. The van der Waals surface area contributed by atoms with Gasteiger partial charge in [0.25, 0.3) is 0 Å². The molecule has 3 N–H and O–H groups in total. The first-order valence-corrected chi connectivity index (χ1v) is 6.41. The van der Waals surface area contributed by atoms with Crippen LogP contribution >= 0.6 is 0 Å². The predicted molar refractivity (Wildman–Crippen MR) is 67.7 cm³/mol. The van der Waals surface area contributed by atoms with Crippen LogP contribution in [0.1, 0.15) is 32.0 Å². The molecule has 1 saturated carbocycles. The van der Waals surface area contributed by atoms with E-state index in [0.717, 1.165) is 25.1 Å². The summed E-state index contributed by atoms with van der Waals surface area (Å²) in [5.74, 6) is 0.936. The Kier molecular flexibility index (Phi) is 3.65. The normalized spacial score (nSPS) is 27.4. The van der Waals surface area contributed by atoms with E-state index in [0.29, 0.717) is 13.0 Å². The smallest absolute Gasteiger partial charge is 0.227 e. The van der Waals surface area contributed by atoms with E-state index in [1.807, 2.05) is 18.5 Å². The van der Waals surface area contributed by atoms with E-state index in [-0.39, 0.29) is 11.9 Å². The first-order valence-electron chi connectivity index (χ1n) is 6.41. The van der Waals surface area contributed by atoms with E-state index in [4.69, 9.17) is 5.73 Å². The second kappa shape index (κ2) is 5.06. The monoisotopic (exact) mass is 251 g/mol. The van der Waals surface area contributed by atoms with Crippen LogP contribution in [0.4, 0.5) is 0 Å². The fourth-order valence-corrected chi connectivity index (χ4v) is 2.50. The summed E-state index contributed by atoms with van der Waals surface area (Å²) in [5, 5.41) is 10.7. The highest BCUT2D eigenvalue weighted by Crippen LogP contribution is 2.36. The van der Waals surface area contributed by atoms with Crippen LogP contribution in [0.15, 0.2) is 6.33 Å². The second-order valence-corrected chi connectivity index (χ2v) is 5.28. The number of nitrogens with two attached hydrogens (primary N) is 1. The van der Waals surface area contributed by atoms with E-state index >= 15 is 0 Å². The molecule has 2 atom stereocenters. The zero-order valence-corrected chi connectivity index (χ0v) is 11.0. The number of hydrogen-bond donors (Lipinski definition) is 2. The summed E-state index contributed by atoms with van der Waals surface area (Å²) in [4.78, 5) is 12.2. The summed E-state index contributed by atoms with van der Waals surface area (Å²) in [6, 6.07) is -0.0210. The molecule has 0 spiro atoms. The first-order chi connectivity index (χ1) is 8.54. The maximum Gasteiger partial charge on any atom is 0.227 e. The molecule has 1 aromatic heterocycles. The third-order valence-electron chi connectivity index (χ3n) is 3.99. The minimum absolute atomic E-state index is 0.0210. The van der Waals surface area contributed by atoms with Crippen molar-refractivity contribution in [2.45, 2.75) is 38.6 Å². The van der Waals surface area contributed by atoms with Gasteiger partial charge < -0.3 is 15.6 Å². The van der Waals surface area contributed by atoms with Crippen molar-refractivity contribution in [3.05, 3.63) is 12.2 Å². The highest BCUT2D eigenvalue weighted by molar-refractivity contribution is 5.83. The number of nitrogens with one attached hydrogen (secondary N) is 1. The van der Waals surface area contributed by atoms with Crippen LogP contribution in [0.2, 0.25) is 0 Å². The topological polar surface area (TPSA) is 85.8 Å². The maximum absolute atomic E-state index is 12.2. The Labute approximate surface area is 107 Å². The maximum atomic E-state index is 12.2. The van der Waals surface area contributed by atoms with Crippen LogP contribution in [0, 0.1) is 5.41 Å². The van der Waals surface area contributed by atoms with Gasteiger partial charge >= 0.3 is 0 Å². The summed E-state index contributed by atoms with van der Waals surface area (Å²) in [7, 11) is 1.89. The molecule has 1 amide bonds. The second-order valence-electron chi connectivity index (χ2n) is 5.28. The van der Waals surface area contributed by atoms with Gasteiger partial charge in [0.2, 0.25) is 5.91 Å². The molecule has 1 heterocycles. The Morgan fingerprint density at radius 2 is 2.50 bits per heavy atom. The van der Waals surface area contributed by atoms with E-state index in [2.05, 4.69) is 15.5 Å². The molecule has 0 radical (unpaired) electrons. The highest BCUT2D eigenvalue weighted by atomic mass is 16.2. The minimum Gasteiger partial charge on any atom is -0.355 e. The molecule has 0 aliphatic heterocycles. The summed E-state index contributed by atoms with van der Waals surface area (Å²) in [6.07, 6.45) is 5.20. The van der Waals surface area contributed by atoms with E-state index in [1.165, 1.54) is 0 Å². The Morgan fingerprint density at radius 3 is 3.06 bits per heavy atom. The summed E-state index contributed by atoms with van der Waals surface area (Å²) in [6.45, 7) is 2.54. The fourth-order valence-electron chi connectivity index (χ4n) is 2.50. The molecule has 6 heteroatoms. The molecule has 2 rings (SSSR count). The van der Waals surface area contributed by atoms with Gasteiger partial charge in [0.1, 0.15) is 12.2 Å². The quantitative estimate of drug-likeness (QED) is 0.788. The third-order valence-corrected chi connectivity index (χ3v) is 3.99. The van der Waals surface area contributed by atoms with Crippen molar-refractivity contribution in [1.82, 2.24) is 20.1 Å². The lowest BCUT2D eigenvalue weighted by Gasteiger charge is -2.27. The molecule has 1 aromatic rings. The van der Waals surface area contributed by atoms with Crippen LogP contribution in [0.25, 0.3) is 0 Å². The van der Waals surface area contributed by atoms with Gasteiger partial charge in [-0.2, -0.15) is 0 Å². The van der Waals surface area contributed by atoms with Crippen molar-refractivity contribution < 1.29 is 4.79 Å². The van der Waals surface area contributed by atoms with Crippen molar-refractivity contribution in [3.63, 3.8) is 0 Å². The number of aryl methyl sites for hydroxylation is 1. The van der Waals surface area contributed by atoms with Crippen LogP contribution in [-0.4, -0.2) is 33.3 Å². The highest BCUT2D eigenvalue weighted by Gasteiger charge is 2.42. The summed E-state index contributed by atoms with van der Waals surface area (Å²) >= 11 is 0. The molecule has 0 aromatic carbocycles. The molecule has 0 saturated heterocycles. The summed E-state index contributed by atoms with van der Waals surface area (Å²) in [5.41, 5.74) is 5.61. The molecule has 18 heavy (non-hydrogen) atoms. The zero-order valence-electron chi connectivity index (χ0n) is 11.0. The Bertz CT molecular complexity index is 430. The number of hydrogen-bond acceptors (Lipinski definition) is 4. The summed E-state index contributed by atoms with van der Waals surface area (Å²) < 4.78 is 1.86. The van der Waals surface area contributed by atoms with Crippen molar-refractivity contribution >= 4 is 5.91 Å². The van der Waals surface area contributed by atoms with Crippen LogP contribution in [0.3, 0.4) is 0 Å². The van der Waals surface area contributed by atoms with Crippen molar-refractivity contribution in [2.24, 2.45) is 18.2 Å². The van der Waals surface area contributed by atoms with Crippen molar-refractivity contribution in [2.75, 3.05) is 6.54 Å². The number of carbonyl (C=O) groups excluding carboxylic acids is 1. The minimum atomic E-state index is -0.403. The van der Waals surface area contributed by atoms with Gasteiger partial charge in [0, 0.05) is 26.1 Å². The molecular formula is C12H21N5O. The lowest BCUT2D eigenvalue weighted by molar-refractivity contribution is -0.130. The third kappa shape index (κ3) is 2.38. The van der Waals surface area contributed by atoms with Gasteiger partial charge in [0.15, 0.2) is 0 Å². The molecule has 2 unspecified atom stereocenters. The average Bonchev–Trinajstić information content (AvgIpc) is 2.88. The van der Waals surface area contributed by atoms with Crippen molar-refractivity contribution in [3.8, 4) is 0 Å². The van der Waals surface area contributed by atoms with Gasteiger partial charge in [-0.25, -0.2) is 0 Å². The van der Waals surface area contributed by atoms with Crippen molar-refractivity contribution in [1.29, 1.82) is 0 Å². The number of aromatic nitrogens is 3. The molecule has 1 fully saturated rings. The first kappa shape index (κ1) is 13.0. The average molecular weight is 251 g/mol. The number of amides is 1. The molecule has 6 nitrogen and oxygen atoms in total. The van der Waals surface area contributed by atoms with Crippen LogP contribution in [-0.2, 0) is 18.3 Å². The van der Waals surface area contributed by atoms with E-state index < -0.39 is 5.41 Å². The van der Waals surface area contributed by atoms with Gasteiger partial charge in [-0.1, -0.05) is 6.42 Å². The lowest BCUT2D eigenvalue weighted by Crippen LogP contribution is -2.47. The molecular weight excluding hydrogens is 230 g/mol. The molecule has 1 aliphatic rings. The number of rotatable bonds is 4. The van der Waals surface area contributed by atoms with Gasteiger partial charge in [0.05, 0.1) is 5.41 Å². The van der Waals surface area contributed by atoms with E-state index in [1.54, 1.807) is 6.33 Å². The van der Waals surface area contributed by atoms with Crippen LogP contribution < -0.4 is 11.1 Å². The SMILES string of the molecule is Cn1cnnc1CCNC(=O)C1(C)CCCC1N. The Morgan fingerprint density at radius 1 is 1.72 bits per heavy atom. The van der Waals surface area contributed by atoms with Gasteiger partial charge in [-0.3, -0.25) is 4.79 Å². The zero-order chi connectivity index (χ0) is 13.2. The van der Waals surface area contributed by atoms with Gasteiger partial charge in [-0.15, -0.1) is 10.2 Å². The molecule has 100 valence electrons. The van der Waals surface area contributed by atoms with Gasteiger partial charge in [-0.05, 0) is 19.8 Å². The standard InChI is InChI=1S/C12H21N5O/c1-12(6-3-4-9(12)13)11(18)14-7-5-10-16-15-8-17(10)2/h8-9H,3-7,13H2,1-2H3,(H,14,18). The van der Waals surface area contributed by atoms with E-state index in [9.17, 15) is 4.79 Å². The fraction of sp³-hybridized carbons (Fsp3) is 0.750. The molecule has 1 aliphatic carbocycles. The number of nitrogens with zero attached hydrogens (tertiary/aromatic N) is 3. The molecule has 0 bridgehead atoms. The Hall–Kier alpha value is -1.43. The predicted octanol–water partition coefficient (Wildman–Crippen LogP) is -0.00870. The van der Waals surface area contributed by atoms with Crippen LogP contribution in [0.5, 0.6) is 0 Å². The Balaban J connectivity index is 1.84. The number of carbonyl (C=O) groups is 1.